The molecule has 4 aliphatic rings. The van der Waals surface area contributed by atoms with Crippen molar-refractivity contribution >= 4 is 27.5 Å². The van der Waals surface area contributed by atoms with Crippen molar-refractivity contribution in [3.63, 3.8) is 0 Å². The van der Waals surface area contributed by atoms with E-state index >= 15 is 4.39 Å². The molecule has 5 heterocycles. The zero-order valence-corrected chi connectivity index (χ0v) is 25.0. The number of hydrogen-bond acceptors (Lipinski definition) is 8. The number of piperazine rings is 1. The van der Waals surface area contributed by atoms with Gasteiger partial charge in [-0.1, -0.05) is 12.0 Å². The molecule has 0 spiro atoms. The second-order valence-electron chi connectivity index (χ2n) is 13.0. The maximum absolute atomic E-state index is 17.1. The molecule has 4 fully saturated rings. The highest BCUT2D eigenvalue weighted by Crippen LogP contribution is 2.43. The number of nitrogens with one attached hydrogen (secondary N) is 1. The van der Waals surface area contributed by atoms with Crippen LogP contribution in [-0.2, 0) is 0 Å². The average Bonchev–Trinajstić information content (AvgIpc) is 3.69. The molecule has 3 aromatic carbocycles. The molecule has 4 saturated heterocycles. The van der Waals surface area contributed by atoms with Gasteiger partial charge in [0.2, 0.25) is 0 Å². The second kappa shape index (κ2) is 10.8. The van der Waals surface area contributed by atoms with Crippen LogP contribution in [-0.4, -0.2) is 76.6 Å². The molecule has 4 unspecified atom stereocenters. The Labute approximate surface area is 263 Å². The van der Waals surface area contributed by atoms with Crippen molar-refractivity contribution in [3.8, 4) is 41.3 Å². The van der Waals surface area contributed by atoms with Gasteiger partial charge in [-0.2, -0.15) is 15.2 Å². The van der Waals surface area contributed by atoms with Gasteiger partial charge in [-0.05, 0) is 67.4 Å². The maximum atomic E-state index is 17.1. The summed E-state index contributed by atoms with van der Waals surface area (Å²) in [5.41, 5.74) is -0.780. The highest BCUT2D eigenvalue weighted by atomic mass is 19.1. The summed E-state index contributed by atoms with van der Waals surface area (Å²) in [5.74, 6) is 1.08. The topological polar surface area (TPSA) is 97.5 Å². The van der Waals surface area contributed by atoms with Crippen LogP contribution in [0.4, 0.5) is 19.0 Å². The molecule has 1 aromatic heterocycles. The number of terminal acetylenes is 1. The van der Waals surface area contributed by atoms with Gasteiger partial charge in [0, 0.05) is 54.5 Å². The van der Waals surface area contributed by atoms with E-state index in [1.54, 1.807) is 6.07 Å². The second-order valence-corrected chi connectivity index (χ2v) is 13.0. The summed E-state index contributed by atoms with van der Waals surface area (Å²) in [6.07, 6.45) is 8.87. The quantitative estimate of drug-likeness (QED) is 0.293. The van der Waals surface area contributed by atoms with Crippen molar-refractivity contribution in [1.82, 2.24) is 20.2 Å². The number of phenolic OH excluding ortho intramolecular Hbond substituents is 1. The standard InChI is InChI=1S/C35H31F3N6O2/c1-2-25-28(37)7-4-19-10-24(45)12-26(29(19)25)30-20(14-39)11-27-32(31(30)38)41-34(42-33(27)43-16-22-5-6-23(17-43)40-22)46-18-35-8-3-9-44(35)15-21(36)13-35/h1,4,7,10-12,21-23,40,45H,3,5-6,8-9,13,15-18H2. The number of phenols is 1. The Morgan fingerprint density at radius 2 is 1.93 bits per heavy atom. The van der Waals surface area contributed by atoms with Gasteiger partial charge in [0.05, 0.1) is 22.7 Å². The third-order valence-corrected chi connectivity index (χ3v) is 10.2. The number of nitriles is 1. The minimum atomic E-state index is -0.937. The van der Waals surface area contributed by atoms with E-state index in [0.29, 0.717) is 42.6 Å². The van der Waals surface area contributed by atoms with Gasteiger partial charge in [0.15, 0.2) is 5.82 Å². The molecule has 0 amide bonds. The van der Waals surface area contributed by atoms with Gasteiger partial charge in [-0.15, -0.1) is 6.42 Å². The van der Waals surface area contributed by atoms with Crippen LogP contribution >= 0.6 is 0 Å². The van der Waals surface area contributed by atoms with Crippen LogP contribution in [0.3, 0.4) is 0 Å². The van der Waals surface area contributed by atoms with Crippen molar-refractivity contribution in [2.24, 2.45) is 0 Å². The normalized spacial score (nSPS) is 25.6. The molecule has 234 valence electrons. The van der Waals surface area contributed by atoms with E-state index < -0.39 is 23.3 Å². The smallest absolute Gasteiger partial charge is 0.319 e. The van der Waals surface area contributed by atoms with E-state index in [0.717, 1.165) is 32.2 Å². The van der Waals surface area contributed by atoms with Crippen LogP contribution in [0.1, 0.15) is 43.2 Å². The van der Waals surface area contributed by atoms with Gasteiger partial charge in [-0.25, -0.2) is 13.2 Å². The van der Waals surface area contributed by atoms with E-state index in [1.165, 1.54) is 24.3 Å². The van der Waals surface area contributed by atoms with Crippen LogP contribution < -0.4 is 15.0 Å². The van der Waals surface area contributed by atoms with Crippen molar-refractivity contribution in [1.29, 1.82) is 5.26 Å². The summed E-state index contributed by atoms with van der Waals surface area (Å²) in [7, 11) is 0. The number of hydrogen-bond donors (Lipinski definition) is 2. The minimum Gasteiger partial charge on any atom is -0.508 e. The summed E-state index contributed by atoms with van der Waals surface area (Å²) in [4.78, 5) is 13.6. The first-order chi connectivity index (χ1) is 22.3. The number of fused-ring (bicyclic) bond motifs is 5. The summed E-state index contributed by atoms with van der Waals surface area (Å²) in [6, 6.07) is 9.42. The Bertz CT molecular complexity index is 2000. The monoisotopic (exact) mass is 624 g/mol. The third kappa shape index (κ3) is 4.52. The van der Waals surface area contributed by atoms with Gasteiger partial charge >= 0.3 is 6.01 Å². The fourth-order valence-corrected chi connectivity index (χ4v) is 8.23. The number of benzene rings is 3. The van der Waals surface area contributed by atoms with E-state index in [-0.39, 0.29) is 63.6 Å². The molecular formula is C35H31F3N6O2. The third-order valence-electron chi connectivity index (χ3n) is 10.2. The molecule has 4 aliphatic heterocycles. The predicted octanol–water partition coefficient (Wildman–Crippen LogP) is 5.18. The Morgan fingerprint density at radius 1 is 1.13 bits per heavy atom. The van der Waals surface area contributed by atoms with Gasteiger partial charge in [0.25, 0.3) is 0 Å². The largest absolute Gasteiger partial charge is 0.508 e. The first-order valence-electron chi connectivity index (χ1n) is 15.7. The predicted molar refractivity (Wildman–Crippen MR) is 167 cm³/mol. The summed E-state index contributed by atoms with van der Waals surface area (Å²) in [6.45, 7) is 2.60. The number of alkyl halides is 1. The number of halogens is 3. The van der Waals surface area contributed by atoms with Crippen molar-refractivity contribution in [2.45, 2.75) is 55.9 Å². The zero-order chi connectivity index (χ0) is 31.7. The van der Waals surface area contributed by atoms with Crippen LogP contribution in [0.25, 0.3) is 32.8 Å². The molecule has 0 aliphatic carbocycles. The van der Waals surface area contributed by atoms with Crippen LogP contribution in [0.2, 0.25) is 0 Å². The van der Waals surface area contributed by atoms with E-state index in [1.807, 2.05) is 0 Å². The lowest BCUT2D eigenvalue weighted by molar-refractivity contribution is 0.107. The first kappa shape index (κ1) is 28.9. The molecule has 46 heavy (non-hydrogen) atoms. The zero-order valence-electron chi connectivity index (χ0n) is 25.0. The summed E-state index contributed by atoms with van der Waals surface area (Å²) in [5, 5.41) is 25.5. The maximum Gasteiger partial charge on any atom is 0.319 e. The molecule has 2 N–H and O–H groups in total. The molecule has 8 nitrogen and oxygen atoms in total. The highest BCUT2D eigenvalue weighted by molar-refractivity contribution is 6.05. The lowest BCUT2D eigenvalue weighted by Crippen LogP contribution is -2.51. The number of anilines is 1. The van der Waals surface area contributed by atoms with Crippen molar-refractivity contribution in [3.05, 3.63) is 53.1 Å². The highest BCUT2D eigenvalue weighted by Gasteiger charge is 2.49. The molecule has 0 radical (unpaired) electrons. The van der Waals surface area contributed by atoms with Crippen molar-refractivity contribution < 1.29 is 23.0 Å². The number of aromatic hydroxyl groups is 1. The Hall–Kier alpha value is -4.58. The Balaban J connectivity index is 1.33. The molecule has 11 heteroatoms. The molecule has 4 atom stereocenters. The Morgan fingerprint density at radius 3 is 2.70 bits per heavy atom. The fraction of sp³-hybridized carbons (Fsp3) is 0.400. The van der Waals surface area contributed by atoms with Gasteiger partial charge in [0.1, 0.15) is 35.7 Å². The fourth-order valence-electron chi connectivity index (χ4n) is 8.23. The lowest BCUT2D eigenvalue weighted by atomic mass is 9.90. The van der Waals surface area contributed by atoms with Gasteiger partial charge in [-0.3, -0.25) is 4.90 Å². The molecule has 8 rings (SSSR count). The average molecular weight is 625 g/mol. The Kier molecular flexibility index (Phi) is 6.75. The van der Waals surface area contributed by atoms with Crippen LogP contribution in [0.5, 0.6) is 11.8 Å². The first-order valence-corrected chi connectivity index (χ1v) is 15.7. The molecule has 0 saturated carbocycles. The number of rotatable bonds is 5. The van der Waals surface area contributed by atoms with Crippen LogP contribution in [0, 0.1) is 35.3 Å². The number of ether oxygens (including phenoxy) is 1. The number of aromatic nitrogens is 2. The summed E-state index contributed by atoms with van der Waals surface area (Å²) < 4.78 is 52.7. The van der Waals surface area contributed by atoms with E-state index in [4.69, 9.17) is 16.1 Å². The van der Waals surface area contributed by atoms with Gasteiger partial charge < -0.3 is 20.1 Å². The molecule has 2 bridgehead atoms. The SMILES string of the molecule is C#Cc1c(F)ccc2cc(O)cc(-c3c(C#N)cc4c(N5CC6CCC(C5)N6)nc(OCC56CCCN5CC(F)C6)nc4c3F)c12. The van der Waals surface area contributed by atoms with Crippen molar-refractivity contribution in [2.75, 3.05) is 37.7 Å². The van der Waals surface area contributed by atoms with E-state index in [9.17, 15) is 19.1 Å². The molecular weight excluding hydrogens is 593 g/mol. The number of nitrogens with zero attached hydrogens (tertiary/aromatic N) is 5. The lowest BCUT2D eigenvalue weighted by Gasteiger charge is -2.34. The van der Waals surface area contributed by atoms with E-state index in [2.05, 4.69) is 32.1 Å². The molecule has 4 aromatic rings. The van der Waals surface area contributed by atoms with Crippen LogP contribution in [0.15, 0.2) is 30.3 Å². The minimum absolute atomic E-state index is 0.0393. The summed E-state index contributed by atoms with van der Waals surface area (Å²) >= 11 is 0.